The van der Waals surface area contributed by atoms with E-state index in [-0.39, 0.29) is 0 Å². The molecule has 0 aliphatic heterocycles. The molecule has 3 aromatic rings. The maximum absolute atomic E-state index is 4.24. The molecule has 3 heterocycles. The number of aromatic nitrogens is 5. The van der Waals surface area contributed by atoms with E-state index < -0.39 is 0 Å². The van der Waals surface area contributed by atoms with Gasteiger partial charge in [-0.25, -0.2) is 9.97 Å². The third kappa shape index (κ3) is 1.84. The van der Waals surface area contributed by atoms with Crippen molar-refractivity contribution in [3.8, 4) is 0 Å². The smallest absolute Gasteiger partial charge is 0.151 e. The summed E-state index contributed by atoms with van der Waals surface area (Å²) in [5.41, 5.74) is 0.963. The second kappa shape index (κ2) is 4.10. The van der Waals surface area contributed by atoms with Crippen LogP contribution in [0.25, 0.3) is 10.2 Å². The van der Waals surface area contributed by atoms with Gasteiger partial charge in [-0.2, -0.15) is 0 Å². The maximum atomic E-state index is 4.24. The molecule has 86 valence electrons. The molecule has 0 spiro atoms. The summed E-state index contributed by atoms with van der Waals surface area (Å²) in [6.45, 7) is 0.598. The fourth-order valence-corrected chi connectivity index (χ4v) is 2.36. The van der Waals surface area contributed by atoms with Crippen molar-refractivity contribution < 1.29 is 0 Å². The van der Waals surface area contributed by atoms with Crippen molar-refractivity contribution in [1.82, 2.24) is 24.7 Å². The lowest BCUT2D eigenvalue weighted by Crippen LogP contribution is -2.06. The zero-order chi connectivity index (χ0) is 11.7. The molecule has 0 bridgehead atoms. The van der Waals surface area contributed by atoms with Crippen molar-refractivity contribution in [2.75, 3.05) is 5.32 Å². The highest BCUT2D eigenvalue weighted by Crippen LogP contribution is 2.24. The van der Waals surface area contributed by atoms with Gasteiger partial charge in [0.25, 0.3) is 0 Å². The number of thiophene rings is 1. The molecule has 0 amide bonds. The normalized spacial score (nSPS) is 10.9. The fourth-order valence-electron chi connectivity index (χ4n) is 1.54. The van der Waals surface area contributed by atoms with Gasteiger partial charge in [0.1, 0.15) is 18.5 Å². The predicted octanol–water partition coefficient (Wildman–Crippen LogP) is 1.43. The average molecular weight is 246 g/mol. The molecule has 1 N–H and O–H groups in total. The highest BCUT2D eigenvalue weighted by atomic mass is 32.1. The first-order chi connectivity index (χ1) is 8.34. The minimum absolute atomic E-state index is 0.598. The summed E-state index contributed by atoms with van der Waals surface area (Å²) in [6, 6.07) is 1.98. The molecule has 0 aromatic carbocycles. The van der Waals surface area contributed by atoms with Crippen LogP contribution in [0.5, 0.6) is 0 Å². The number of nitrogens with zero attached hydrogens (tertiary/aromatic N) is 5. The van der Waals surface area contributed by atoms with Crippen LogP contribution in [0.2, 0.25) is 0 Å². The first kappa shape index (κ1) is 10.2. The summed E-state index contributed by atoms with van der Waals surface area (Å²) in [6.07, 6.45) is 3.24. The van der Waals surface area contributed by atoms with E-state index in [1.54, 1.807) is 24.0 Å². The molecule has 6 nitrogen and oxygen atoms in total. The number of hydrogen-bond donors (Lipinski definition) is 1. The molecule has 3 rings (SSSR count). The van der Waals surface area contributed by atoms with Gasteiger partial charge >= 0.3 is 0 Å². The van der Waals surface area contributed by atoms with E-state index in [1.165, 1.54) is 0 Å². The Morgan fingerprint density at radius 2 is 2.35 bits per heavy atom. The number of rotatable bonds is 3. The molecule has 0 unspecified atom stereocenters. The molecule has 0 fully saturated rings. The van der Waals surface area contributed by atoms with E-state index in [4.69, 9.17) is 0 Å². The Morgan fingerprint density at radius 1 is 1.41 bits per heavy atom. The molecule has 0 saturated carbocycles. The number of aryl methyl sites for hydroxylation is 1. The molecule has 7 heteroatoms. The van der Waals surface area contributed by atoms with Crippen LogP contribution in [0, 0.1) is 0 Å². The van der Waals surface area contributed by atoms with Gasteiger partial charge in [0, 0.05) is 7.05 Å². The van der Waals surface area contributed by atoms with Gasteiger partial charge in [0.15, 0.2) is 5.82 Å². The monoisotopic (exact) mass is 246 g/mol. The van der Waals surface area contributed by atoms with Crippen LogP contribution in [0.4, 0.5) is 5.82 Å². The van der Waals surface area contributed by atoms with Crippen LogP contribution >= 0.6 is 11.3 Å². The van der Waals surface area contributed by atoms with Gasteiger partial charge in [0.2, 0.25) is 0 Å². The van der Waals surface area contributed by atoms with Crippen LogP contribution in [0.15, 0.2) is 24.1 Å². The van der Waals surface area contributed by atoms with Crippen molar-refractivity contribution in [2.45, 2.75) is 6.54 Å². The maximum Gasteiger partial charge on any atom is 0.151 e. The van der Waals surface area contributed by atoms with Crippen molar-refractivity contribution >= 4 is 27.4 Å². The van der Waals surface area contributed by atoms with E-state index in [0.717, 1.165) is 21.9 Å². The number of fused-ring (bicyclic) bond motifs is 1. The molecule has 0 aliphatic carbocycles. The van der Waals surface area contributed by atoms with Crippen LogP contribution in [0.3, 0.4) is 0 Å². The lowest BCUT2D eigenvalue weighted by atomic mass is 10.4. The summed E-state index contributed by atoms with van der Waals surface area (Å²) < 4.78 is 2.94. The fraction of sp³-hybridized carbons (Fsp3) is 0.200. The molecular weight excluding hydrogens is 236 g/mol. The predicted molar refractivity (Wildman–Crippen MR) is 65.7 cm³/mol. The van der Waals surface area contributed by atoms with Gasteiger partial charge in [0.05, 0.1) is 16.8 Å². The molecule has 0 saturated heterocycles. The van der Waals surface area contributed by atoms with Crippen molar-refractivity contribution in [1.29, 1.82) is 0 Å². The Morgan fingerprint density at radius 3 is 3.18 bits per heavy atom. The Bertz CT molecular complexity index is 643. The minimum atomic E-state index is 0.598. The Kier molecular flexibility index (Phi) is 2.45. The molecule has 0 aliphatic rings. The number of hydrogen-bond acceptors (Lipinski definition) is 6. The summed E-state index contributed by atoms with van der Waals surface area (Å²) in [5.74, 6) is 1.71. The van der Waals surface area contributed by atoms with E-state index >= 15 is 0 Å². The Balaban J connectivity index is 1.86. The van der Waals surface area contributed by atoms with Gasteiger partial charge in [-0.15, -0.1) is 21.5 Å². The van der Waals surface area contributed by atoms with Crippen LogP contribution in [-0.2, 0) is 13.6 Å². The van der Waals surface area contributed by atoms with E-state index in [9.17, 15) is 0 Å². The van der Waals surface area contributed by atoms with Crippen LogP contribution in [0.1, 0.15) is 5.82 Å². The van der Waals surface area contributed by atoms with Crippen molar-refractivity contribution in [2.24, 2.45) is 7.05 Å². The second-order valence-corrected chi connectivity index (χ2v) is 4.48. The van der Waals surface area contributed by atoms with Gasteiger partial charge < -0.3 is 9.88 Å². The quantitative estimate of drug-likeness (QED) is 0.757. The highest BCUT2D eigenvalue weighted by molar-refractivity contribution is 7.17. The van der Waals surface area contributed by atoms with E-state index in [2.05, 4.69) is 25.5 Å². The van der Waals surface area contributed by atoms with Crippen molar-refractivity contribution in [3.63, 3.8) is 0 Å². The summed E-state index contributed by atoms with van der Waals surface area (Å²) >= 11 is 1.62. The Hall–Kier alpha value is -2.02. The molecule has 3 aromatic heterocycles. The van der Waals surface area contributed by atoms with Crippen LogP contribution in [-0.4, -0.2) is 24.7 Å². The minimum Gasteiger partial charge on any atom is -0.361 e. The molecule has 17 heavy (non-hydrogen) atoms. The molecule has 0 atom stereocenters. The third-order valence-electron chi connectivity index (χ3n) is 2.46. The third-order valence-corrected chi connectivity index (χ3v) is 3.37. The topological polar surface area (TPSA) is 68.5 Å². The second-order valence-electron chi connectivity index (χ2n) is 3.57. The summed E-state index contributed by atoms with van der Waals surface area (Å²) in [5, 5.41) is 13.1. The average Bonchev–Trinajstić information content (AvgIpc) is 2.95. The number of nitrogens with one attached hydrogen (secondary N) is 1. The highest BCUT2D eigenvalue weighted by Gasteiger charge is 2.06. The zero-order valence-corrected chi connectivity index (χ0v) is 9.98. The molecular formula is C10H10N6S. The van der Waals surface area contributed by atoms with E-state index in [0.29, 0.717) is 6.54 Å². The Labute approximate surface area is 101 Å². The van der Waals surface area contributed by atoms with Crippen LogP contribution < -0.4 is 5.32 Å². The standard InChI is InChI=1S/C10H10N6S/c1-16-6-14-15-8(16)4-11-10-9-7(2-3-17-9)12-5-13-10/h2-3,5-6H,4H2,1H3,(H,11,12,13). The lowest BCUT2D eigenvalue weighted by molar-refractivity contribution is 0.810. The SMILES string of the molecule is Cn1cnnc1CNc1ncnc2ccsc12. The molecule has 0 radical (unpaired) electrons. The lowest BCUT2D eigenvalue weighted by Gasteiger charge is -2.05. The first-order valence-electron chi connectivity index (χ1n) is 5.09. The zero-order valence-electron chi connectivity index (χ0n) is 9.16. The first-order valence-corrected chi connectivity index (χ1v) is 5.97. The van der Waals surface area contributed by atoms with Gasteiger partial charge in [-0.05, 0) is 11.4 Å². The summed E-state index contributed by atoms with van der Waals surface area (Å²) in [7, 11) is 1.91. The number of anilines is 1. The van der Waals surface area contributed by atoms with Gasteiger partial charge in [-0.1, -0.05) is 0 Å². The van der Waals surface area contributed by atoms with E-state index in [1.807, 2.05) is 23.1 Å². The van der Waals surface area contributed by atoms with Gasteiger partial charge in [-0.3, -0.25) is 0 Å². The van der Waals surface area contributed by atoms with Crippen molar-refractivity contribution in [3.05, 3.63) is 29.9 Å². The summed E-state index contributed by atoms with van der Waals surface area (Å²) in [4.78, 5) is 8.43. The largest absolute Gasteiger partial charge is 0.361 e.